The zero-order valence-electron chi connectivity index (χ0n) is 9.66. The molecular formula is C13H16ClNO. The second kappa shape index (κ2) is 5.71. The Bertz CT molecular complexity index is 383. The molecule has 0 atom stereocenters. The van der Waals surface area contributed by atoms with Gasteiger partial charge in [0.25, 0.3) is 0 Å². The first-order valence-electron chi connectivity index (χ1n) is 5.16. The molecule has 0 N–H and O–H groups in total. The van der Waals surface area contributed by atoms with Gasteiger partial charge in [-0.3, -0.25) is 4.79 Å². The van der Waals surface area contributed by atoms with Crippen molar-refractivity contribution < 1.29 is 4.79 Å². The van der Waals surface area contributed by atoms with Crippen LogP contribution in [-0.4, -0.2) is 24.4 Å². The highest BCUT2D eigenvalue weighted by Gasteiger charge is 2.04. The number of amides is 1. The number of carbonyl (C=O) groups excluding carboxylic acids is 1. The Morgan fingerprint density at radius 3 is 2.44 bits per heavy atom. The summed E-state index contributed by atoms with van der Waals surface area (Å²) in [4.78, 5) is 12.7. The molecule has 3 heteroatoms. The van der Waals surface area contributed by atoms with Gasteiger partial charge in [0.1, 0.15) is 0 Å². The van der Waals surface area contributed by atoms with Crippen LogP contribution in [0.15, 0.2) is 30.8 Å². The van der Waals surface area contributed by atoms with Crippen LogP contribution >= 0.6 is 11.6 Å². The molecule has 1 aromatic carbocycles. The van der Waals surface area contributed by atoms with Gasteiger partial charge in [-0.05, 0) is 29.7 Å². The fourth-order valence-corrected chi connectivity index (χ4v) is 1.42. The van der Waals surface area contributed by atoms with Crippen LogP contribution in [0.5, 0.6) is 0 Å². The lowest BCUT2D eigenvalue weighted by atomic mass is 10.0. The monoisotopic (exact) mass is 237 g/mol. The lowest BCUT2D eigenvalue weighted by molar-refractivity contribution is -0.127. The van der Waals surface area contributed by atoms with E-state index < -0.39 is 0 Å². The van der Waals surface area contributed by atoms with E-state index in [9.17, 15) is 4.79 Å². The van der Waals surface area contributed by atoms with Crippen LogP contribution in [0.4, 0.5) is 0 Å². The quantitative estimate of drug-likeness (QED) is 0.788. The SMILES string of the molecule is C=C(CCN(C)C(C)=O)c1ccc(Cl)cc1. The Morgan fingerprint density at radius 2 is 1.94 bits per heavy atom. The number of benzene rings is 1. The minimum atomic E-state index is 0.0731. The summed E-state index contributed by atoms with van der Waals surface area (Å²) in [7, 11) is 1.79. The predicted molar refractivity (Wildman–Crippen MR) is 68.4 cm³/mol. The molecule has 1 aromatic rings. The summed E-state index contributed by atoms with van der Waals surface area (Å²) in [6.07, 6.45) is 0.776. The molecule has 0 heterocycles. The molecule has 0 aliphatic rings. The number of halogens is 1. The smallest absolute Gasteiger partial charge is 0.219 e. The molecule has 1 rings (SSSR count). The Labute approximate surface area is 102 Å². The van der Waals surface area contributed by atoms with E-state index in [0.29, 0.717) is 6.54 Å². The molecule has 0 unspecified atom stereocenters. The minimum absolute atomic E-state index is 0.0731. The van der Waals surface area contributed by atoms with E-state index >= 15 is 0 Å². The Balaban J connectivity index is 2.53. The summed E-state index contributed by atoms with van der Waals surface area (Å²) < 4.78 is 0. The molecule has 0 saturated carbocycles. The summed E-state index contributed by atoms with van der Waals surface area (Å²) in [5.41, 5.74) is 2.09. The van der Waals surface area contributed by atoms with Crippen LogP contribution in [0.2, 0.25) is 5.02 Å². The maximum atomic E-state index is 11.0. The standard InChI is InChI=1S/C13H16ClNO/c1-10(8-9-15(3)11(2)16)12-4-6-13(14)7-5-12/h4-7H,1,8-9H2,2-3H3. The van der Waals surface area contributed by atoms with Gasteiger partial charge in [0.15, 0.2) is 0 Å². The van der Waals surface area contributed by atoms with Crippen LogP contribution in [0.1, 0.15) is 18.9 Å². The van der Waals surface area contributed by atoms with E-state index in [-0.39, 0.29) is 5.91 Å². The van der Waals surface area contributed by atoms with Crippen molar-refractivity contribution in [3.63, 3.8) is 0 Å². The molecule has 0 aliphatic heterocycles. The van der Waals surface area contributed by atoms with E-state index in [1.54, 1.807) is 18.9 Å². The average Bonchev–Trinajstić information content (AvgIpc) is 2.26. The molecule has 0 fully saturated rings. The Hall–Kier alpha value is -1.28. The molecular weight excluding hydrogens is 222 g/mol. The van der Waals surface area contributed by atoms with Crippen LogP contribution in [0.3, 0.4) is 0 Å². The summed E-state index contributed by atoms with van der Waals surface area (Å²) in [6.45, 7) is 6.26. The zero-order valence-corrected chi connectivity index (χ0v) is 10.4. The van der Waals surface area contributed by atoms with Crippen molar-refractivity contribution >= 4 is 23.1 Å². The lowest BCUT2D eigenvalue weighted by Crippen LogP contribution is -2.24. The number of nitrogens with zero attached hydrogens (tertiary/aromatic N) is 1. The first kappa shape index (κ1) is 12.8. The molecule has 86 valence electrons. The first-order valence-corrected chi connectivity index (χ1v) is 5.54. The molecule has 0 aliphatic carbocycles. The van der Waals surface area contributed by atoms with Crippen molar-refractivity contribution in [2.45, 2.75) is 13.3 Å². The normalized spacial score (nSPS) is 9.94. The third kappa shape index (κ3) is 3.70. The highest BCUT2D eigenvalue weighted by molar-refractivity contribution is 6.30. The largest absolute Gasteiger partial charge is 0.346 e. The minimum Gasteiger partial charge on any atom is -0.346 e. The van der Waals surface area contributed by atoms with Gasteiger partial charge >= 0.3 is 0 Å². The Kier molecular flexibility index (Phi) is 4.56. The van der Waals surface area contributed by atoms with Crippen LogP contribution in [0, 0.1) is 0 Å². The van der Waals surface area contributed by atoms with Crippen molar-refractivity contribution in [2.75, 3.05) is 13.6 Å². The number of carbonyl (C=O) groups is 1. The molecule has 2 nitrogen and oxygen atoms in total. The third-order valence-corrected chi connectivity index (χ3v) is 2.79. The second-order valence-electron chi connectivity index (χ2n) is 3.80. The van der Waals surface area contributed by atoms with Crippen LogP contribution in [0.25, 0.3) is 5.57 Å². The van der Waals surface area contributed by atoms with Crippen molar-refractivity contribution in [3.8, 4) is 0 Å². The zero-order chi connectivity index (χ0) is 12.1. The molecule has 0 spiro atoms. The lowest BCUT2D eigenvalue weighted by Gasteiger charge is -2.15. The Morgan fingerprint density at radius 1 is 1.38 bits per heavy atom. The van der Waals surface area contributed by atoms with Gasteiger partial charge < -0.3 is 4.90 Å². The molecule has 0 saturated heterocycles. The van der Waals surface area contributed by atoms with Gasteiger partial charge in [0, 0.05) is 25.5 Å². The summed E-state index contributed by atoms with van der Waals surface area (Å²) >= 11 is 5.80. The van der Waals surface area contributed by atoms with Crippen molar-refractivity contribution in [3.05, 3.63) is 41.4 Å². The first-order chi connectivity index (χ1) is 7.50. The van der Waals surface area contributed by atoms with E-state index in [1.165, 1.54) is 0 Å². The maximum absolute atomic E-state index is 11.0. The van der Waals surface area contributed by atoms with Gasteiger partial charge in [-0.2, -0.15) is 0 Å². The fourth-order valence-electron chi connectivity index (χ4n) is 1.29. The predicted octanol–water partition coefficient (Wildman–Crippen LogP) is 3.22. The van der Waals surface area contributed by atoms with Gasteiger partial charge in [-0.15, -0.1) is 0 Å². The number of hydrogen-bond acceptors (Lipinski definition) is 1. The second-order valence-corrected chi connectivity index (χ2v) is 4.24. The van der Waals surface area contributed by atoms with E-state index in [4.69, 9.17) is 11.6 Å². The third-order valence-electron chi connectivity index (χ3n) is 2.54. The van der Waals surface area contributed by atoms with Crippen LogP contribution in [-0.2, 0) is 4.79 Å². The number of rotatable bonds is 4. The maximum Gasteiger partial charge on any atom is 0.219 e. The molecule has 1 amide bonds. The fraction of sp³-hybridized carbons (Fsp3) is 0.308. The van der Waals surface area contributed by atoms with Gasteiger partial charge in [0.2, 0.25) is 5.91 Å². The summed E-state index contributed by atoms with van der Waals surface area (Å²) in [5.74, 6) is 0.0731. The molecule has 16 heavy (non-hydrogen) atoms. The number of hydrogen-bond donors (Lipinski definition) is 0. The molecule has 0 radical (unpaired) electrons. The highest BCUT2D eigenvalue weighted by atomic mass is 35.5. The average molecular weight is 238 g/mol. The highest BCUT2D eigenvalue weighted by Crippen LogP contribution is 2.18. The van der Waals surface area contributed by atoms with Gasteiger partial charge in [0.05, 0.1) is 0 Å². The molecule has 0 aromatic heterocycles. The summed E-state index contributed by atoms with van der Waals surface area (Å²) in [5, 5.41) is 0.720. The van der Waals surface area contributed by atoms with Crippen LogP contribution < -0.4 is 0 Å². The van der Waals surface area contributed by atoms with E-state index in [1.807, 2.05) is 24.3 Å². The summed E-state index contributed by atoms with van der Waals surface area (Å²) in [6, 6.07) is 7.57. The van der Waals surface area contributed by atoms with Crippen molar-refractivity contribution in [1.82, 2.24) is 4.90 Å². The van der Waals surface area contributed by atoms with Gasteiger partial charge in [-0.1, -0.05) is 30.3 Å². The van der Waals surface area contributed by atoms with E-state index in [0.717, 1.165) is 22.6 Å². The van der Waals surface area contributed by atoms with Crippen molar-refractivity contribution in [2.24, 2.45) is 0 Å². The molecule has 0 bridgehead atoms. The topological polar surface area (TPSA) is 20.3 Å². The van der Waals surface area contributed by atoms with Gasteiger partial charge in [-0.25, -0.2) is 0 Å². The van der Waals surface area contributed by atoms with E-state index in [2.05, 4.69) is 6.58 Å². The van der Waals surface area contributed by atoms with Crippen molar-refractivity contribution in [1.29, 1.82) is 0 Å².